The normalized spacial score (nSPS) is 16.1. The second kappa shape index (κ2) is 10.2. The molecule has 0 saturated heterocycles. The average Bonchev–Trinajstić information content (AvgIpc) is 2.86. The fourth-order valence-electron chi connectivity index (χ4n) is 3.90. The molecule has 0 unspecified atom stereocenters. The van der Waals surface area contributed by atoms with E-state index in [1.165, 1.54) is 19.3 Å². The van der Waals surface area contributed by atoms with Crippen LogP contribution in [0, 0.1) is 5.41 Å². The highest BCUT2D eigenvalue weighted by molar-refractivity contribution is 5.97. The maximum absolute atomic E-state index is 13.2. The number of imidazole rings is 1. The van der Waals surface area contributed by atoms with Crippen LogP contribution < -0.4 is 10.6 Å². The summed E-state index contributed by atoms with van der Waals surface area (Å²) in [6, 6.07) is -0.617. The number of fused-ring (bicyclic) bond motifs is 1. The number of nitrogens with one attached hydrogen (secondary N) is 2. The van der Waals surface area contributed by atoms with Crippen molar-refractivity contribution in [1.82, 2.24) is 25.1 Å². The Morgan fingerprint density at radius 3 is 2.52 bits per heavy atom. The molecule has 1 aliphatic rings. The third-order valence-electron chi connectivity index (χ3n) is 5.61. The van der Waals surface area contributed by atoms with E-state index in [-0.39, 0.29) is 11.8 Å². The summed E-state index contributed by atoms with van der Waals surface area (Å²) in [5.74, 6) is 0.559. The van der Waals surface area contributed by atoms with Crippen molar-refractivity contribution in [1.29, 1.82) is 0 Å². The Balaban J connectivity index is 2.31. The molecule has 1 aliphatic heterocycles. The molecule has 0 bridgehead atoms. The number of aryl methyl sites for hydroxylation is 1. The lowest BCUT2D eigenvalue weighted by Gasteiger charge is -2.29. The van der Waals surface area contributed by atoms with Crippen LogP contribution in [0.3, 0.4) is 0 Å². The van der Waals surface area contributed by atoms with Crippen molar-refractivity contribution < 1.29 is 9.59 Å². The molecule has 29 heavy (non-hydrogen) atoms. The molecule has 0 aliphatic carbocycles. The Labute approximate surface area is 175 Å². The van der Waals surface area contributed by atoms with Gasteiger partial charge in [-0.15, -0.1) is 0 Å². The van der Waals surface area contributed by atoms with Crippen LogP contribution in [0.2, 0.25) is 0 Å². The Bertz CT molecular complexity index is 705. The van der Waals surface area contributed by atoms with Gasteiger partial charge in [0.1, 0.15) is 11.9 Å². The van der Waals surface area contributed by atoms with E-state index in [0.717, 1.165) is 43.9 Å². The van der Waals surface area contributed by atoms with E-state index >= 15 is 0 Å². The highest BCUT2D eigenvalue weighted by Crippen LogP contribution is 2.23. The van der Waals surface area contributed by atoms with E-state index in [2.05, 4.69) is 34.1 Å². The number of amides is 2. The fraction of sp³-hybridized carbons (Fsp3) is 0.773. The number of nitrogens with zero attached hydrogens (tertiary/aromatic N) is 3. The van der Waals surface area contributed by atoms with Crippen LogP contribution >= 0.6 is 0 Å². The van der Waals surface area contributed by atoms with E-state index in [1.807, 2.05) is 20.8 Å². The maximum atomic E-state index is 13.2. The quantitative estimate of drug-likeness (QED) is 0.652. The first-order valence-corrected chi connectivity index (χ1v) is 11.0. The van der Waals surface area contributed by atoms with Crippen molar-refractivity contribution in [2.75, 3.05) is 20.6 Å². The molecule has 164 valence electrons. The second-order valence-electron chi connectivity index (χ2n) is 9.26. The highest BCUT2D eigenvalue weighted by atomic mass is 16.2. The van der Waals surface area contributed by atoms with Crippen molar-refractivity contribution >= 4 is 11.8 Å². The first-order valence-electron chi connectivity index (χ1n) is 11.0. The van der Waals surface area contributed by atoms with Crippen molar-refractivity contribution in [2.45, 2.75) is 85.4 Å². The number of likely N-dealkylation sites (N-methyl/N-ethyl adjacent to an activating group) is 1. The molecule has 0 spiro atoms. The molecule has 2 amide bonds. The predicted molar refractivity (Wildman–Crippen MR) is 116 cm³/mol. The minimum Gasteiger partial charge on any atom is -0.357 e. The summed E-state index contributed by atoms with van der Waals surface area (Å²) in [5.41, 5.74) is 1.05. The minimum atomic E-state index is -0.617. The number of rotatable bonds is 8. The smallest absolute Gasteiger partial charge is 0.272 e. The van der Waals surface area contributed by atoms with Crippen LogP contribution in [-0.4, -0.2) is 52.9 Å². The lowest BCUT2D eigenvalue weighted by Crippen LogP contribution is -2.53. The van der Waals surface area contributed by atoms with Crippen LogP contribution in [0.4, 0.5) is 0 Å². The second-order valence-corrected chi connectivity index (χ2v) is 9.26. The number of aromatic nitrogens is 2. The van der Waals surface area contributed by atoms with E-state index in [0.29, 0.717) is 12.2 Å². The number of hydrogen-bond donors (Lipinski definition) is 2. The molecule has 1 aromatic rings. The van der Waals surface area contributed by atoms with E-state index in [1.54, 1.807) is 7.05 Å². The molecule has 2 N–H and O–H groups in total. The molecular weight excluding hydrogens is 366 g/mol. The lowest BCUT2D eigenvalue weighted by atomic mass is 9.86. The van der Waals surface area contributed by atoms with Crippen LogP contribution in [-0.2, 0) is 24.3 Å². The highest BCUT2D eigenvalue weighted by Gasteiger charge is 2.34. The van der Waals surface area contributed by atoms with Gasteiger partial charge in [0.15, 0.2) is 5.69 Å². The van der Waals surface area contributed by atoms with Crippen LogP contribution in [0.25, 0.3) is 0 Å². The fourth-order valence-corrected chi connectivity index (χ4v) is 3.90. The van der Waals surface area contributed by atoms with Crippen molar-refractivity contribution in [2.24, 2.45) is 5.41 Å². The molecule has 7 heteroatoms. The summed E-state index contributed by atoms with van der Waals surface area (Å²) in [6.07, 6.45) is 6.63. The van der Waals surface area contributed by atoms with Gasteiger partial charge in [0.2, 0.25) is 5.91 Å². The molecule has 1 aromatic heterocycles. The van der Waals surface area contributed by atoms with Gasteiger partial charge in [-0.1, -0.05) is 47.0 Å². The van der Waals surface area contributed by atoms with Gasteiger partial charge in [-0.05, 0) is 31.8 Å². The molecular formula is C22H39N5O2. The molecule has 0 fully saturated rings. The first kappa shape index (κ1) is 23.4. The topological polar surface area (TPSA) is 79.3 Å². The molecule has 0 aromatic carbocycles. The van der Waals surface area contributed by atoms with E-state index < -0.39 is 11.5 Å². The number of carbonyl (C=O) groups excluding carboxylic acids is 2. The Kier molecular flexibility index (Phi) is 8.25. The van der Waals surface area contributed by atoms with E-state index in [4.69, 9.17) is 4.98 Å². The average molecular weight is 406 g/mol. The predicted octanol–water partition coefficient (Wildman–Crippen LogP) is 2.73. The lowest BCUT2D eigenvalue weighted by molar-refractivity contribution is -0.124. The monoisotopic (exact) mass is 405 g/mol. The Hall–Kier alpha value is -1.89. The third-order valence-corrected chi connectivity index (χ3v) is 5.61. The largest absolute Gasteiger partial charge is 0.357 e. The van der Waals surface area contributed by atoms with Gasteiger partial charge in [-0.2, -0.15) is 0 Å². The van der Waals surface area contributed by atoms with Gasteiger partial charge in [-0.25, -0.2) is 4.98 Å². The maximum Gasteiger partial charge on any atom is 0.272 e. The molecule has 7 nitrogen and oxygen atoms in total. The van der Waals surface area contributed by atoms with Crippen LogP contribution in [0.1, 0.15) is 81.8 Å². The number of unbranched alkanes of at least 4 members (excludes halogenated alkanes) is 3. The van der Waals surface area contributed by atoms with Crippen molar-refractivity contribution in [3.05, 3.63) is 17.2 Å². The van der Waals surface area contributed by atoms with Gasteiger partial charge in [0, 0.05) is 26.6 Å². The standard InChI is InChI=1S/C22H39N5O2/c1-7-8-9-10-12-17-24-18(16-15-26(6)13-11-14-27(16)17)20(28)25-19(21(29)23-5)22(2,3)4/h19H,7-15H2,1-6H3,(H,23,29)(H,25,28)/t19-/m1/s1. The van der Waals surface area contributed by atoms with Crippen LogP contribution in [0.5, 0.6) is 0 Å². The van der Waals surface area contributed by atoms with Gasteiger partial charge in [0.25, 0.3) is 5.91 Å². The summed E-state index contributed by atoms with van der Waals surface area (Å²) in [4.78, 5) is 32.6. The molecule has 0 radical (unpaired) electrons. The van der Waals surface area contributed by atoms with E-state index in [9.17, 15) is 9.59 Å². The molecule has 2 rings (SSSR count). The Morgan fingerprint density at radius 1 is 1.17 bits per heavy atom. The van der Waals surface area contributed by atoms with Gasteiger partial charge in [-0.3, -0.25) is 9.59 Å². The SMILES string of the molecule is CCCCCCc1nc(C(=O)N[C@H](C(=O)NC)C(C)(C)C)c2n1CCCN(C)C2. The minimum absolute atomic E-state index is 0.187. The summed E-state index contributed by atoms with van der Waals surface area (Å²) in [5, 5.41) is 5.62. The van der Waals surface area contributed by atoms with Gasteiger partial charge < -0.3 is 20.1 Å². The number of carbonyl (C=O) groups is 2. The van der Waals surface area contributed by atoms with Gasteiger partial charge >= 0.3 is 0 Å². The van der Waals surface area contributed by atoms with Crippen molar-refractivity contribution in [3.8, 4) is 0 Å². The summed E-state index contributed by atoms with van der Waals surface area (Å²) in [7, 11) is 3.67. The zero-order valence-corrected chi connectivity index (χ0v) is 19.1. The summed E-state index contributed by atoms with van der Waals surface area (Å²) >= 11 is 0. The first-order chi connectivity index (χ1) is 13.7. The van der Waals surface area contributed by atoms with Crippen LogP contribution in [0.15, 0.2) is 0 Å². The number of hydrogen-bond acceptors (Lipinski definition) is 4. The zero-order chi connectivity index (χ0) is 21.6. The van der Waals surface area contributed by atoms with Crippen molar-refractivity contribution in [3.63, 3.8) is 0 Å². The van der Waals surface area contributed by atoms with Gasteiger partial charge in [0.05, 0.1) is 5.69 Å². The molecule has 1 atom stereocenters. The molecule has 0 saturated carbocycles. The summed E-state index contributed by atoms with van der Waals surface area (Å²) in [6.45, 7) is 10.7. The molecule has 2 heterocycles. The third kappa shape index (κ3) is 6.04. The Morgan fingerprint density at radius 2 is 1.90 bits per heavy atom. The summed E-state index contributed by atoms with van der Waals surface area (Å²) < 4.78 is 2.25. The zero-order valence-electron chi connectivity index (χ0n) is 19.1.